The number of ether oxygens (including phenoxy) is 3. The predicted octanol–water partition coefficient (Wildman–Crippen LogP) is 0.158. The summed E-state index contributed by atoms with van der Waals surface area (Å²) < 4.78 is 15.5. The molecule has 0 bridgehead atoms. The second-order valence-corrected chi connectivity index (χ2v) is 5.54. The molecule has 1 aromatic carbocycles. The van der Waals surface area contributed by atoms with Gasteiger partial charge in [0.05, 0.1) is 26.9 Å². The van der Waals surface area contributed by atoms with Crippen LogP contribution in [0, 0.1) is 0 Å². The number of ketones is 1. The summed E-state index contributed by atoms with van der Waals surface area (Å²) in [5.74, 6) is 0.875. The smallest absolute Gasteiger partial charge is 0.161 e. The summed E-state index contributed by atoms with van der Waals surface area (Å²) >= 11 is 0. The SMILES string of the molecule is COc1ccc(/C=C/C(=O)C[C@@H]2OC[C@@H](O)[C@H](O)[C@H]2O)cc1OC. The highest BCUT2D eigenvalue weighted by atomic mass is 16.5. The van der Waals surface area contributed by atoms with E-state index < -0.39 is 24.4 Å². The summed E-state index contributed by atoms with van der Waals surface area (Å²) in [5.41, 5.74) is 0.751. The first kappa shape index (κ1) is 18.4. The molecule has 4 atom stereocenters. The molecule has 1 aliphatic rings. The Morgan fingerprint density at radius 3 is 2.58 bits per heavy atom. The van der Waals surface area contributed by atoms with Crippen molar-refractivity contribution in [2.75, 3.05) is 20.8 Å². The number of aliphatic hydroxyl groups excluding tert-OH is 3. The summed E-state index contributed by atoms with van der Waals surface area (Å²) in [7, 11) is 3.07. The Balaban J connectivity index is 1.98. The van der Waals surface area contributed by atoms with E-state index in [-0.39, 0.29) is 18.8 Å². The number of aliphatic hydroxyl groups is 3. The molecule has 0 unspecified atom stereocenters. The van der Waals surface area contributed by atoms with Crippen molar-refractivity contribution in [3.8, 4) is 11.5 Å². The zero-order valence-corrected chi connectivity index (χ0v) is 13.6. The second kappa shape index (κ2) is 8.25. The van der Waals surface area contributed by atoms with E-state index in [1.165, 1.54) is 20.3 Å². The lowest BCUT2D eigenvalue weighted by Crippen LogP contribution is -2.53. The highest BCUT2D eigenvalue weighted by Gasteiger charge is 2.37. The first-order chi connectivity index (χ1) is 11.5. The number of carbonyl (C=O) groups is 1. The van der Waals surface area contributed by atoms with E-state index in [0.29, 0.717) is 11.5 Å². The lowest BCUT2D eigenvalue weighted by molar-refractivity contribution is -0.188. The van der Waals surface area contributed by atoms with E-state index in [1.807, 2.05) is 0 Å². The van der Waals surface area contributed by atoms with E-state index in [1.54, 1.807) is 24.3 Å². The molecule has 0 amide bonds. The van der Waals surface area contributed by atoms with Gasteiger partial charge in [-0.3, -0.25) is 4.79 Å². The van der Waals surface area contributed by atoms with Crippen LogP contribution in [0.4, 0.5) is 0 Å². The standard InChI is InChI=1S/C17H22O7/c1-22-13-6-4-10(7-14(13)23-2)3-5-11(18)8-15-17(21)16(20)12(19)9-24-15/h3-7,12,15-17,19-21H,8-9H2,1-2H3/b5-3+/t12-,15+,16+,17+/m1/s1. The van der Waals surface area contributed by atoms with Gasteiger partial charge >= 0.3 is 0 Å². The molecule has 1 fully saturated rings. The van der Waals surface area contributed by atoms with Crippen molar-refractivity contribution in [3.63, 3.8) is 0 Å². The largest absolute Gasteiger partial charge is 0.493 e. The number of hydrogen-bond donors (Lipinski definition) is 3. The molecule has 7 nitrogen and oxygen atoms in total. The molecule has 7 heteroatoms. The van der Waals surface area contributed by atoms with Gasteiger partial charge < -0.3 is 29.5 Å². The van der Waals surface area contributed by atoms with Crippen molar-refractivity contribution in [2.24, 2.45) is 0 Å². The summed E-state index contributed by atoms with van der Waals surface area (Å²) in [6.07, 6.45) is -1.70. The number of benzene rings is 1. The van der Waals surface area contributed by atoms with E-state index >= 15 is 0 Å². The van der Waals surface area contributed by atoms with Crippen molar-refractivity contribution < 1.29 is 34.3 Å². The molecule has 0 aromatic heterocycles. The number of rotatable bonds is 6. The molecule has 0 spiro atoms. The monoisotopic (exact) mass is 338 g/mol. The Hall–Kier alpha value is -1.93. The molecule has 1 heterocycles. The molecule has 1 aliphatic heterocycles. The van der Waals surface area contributed by atoms with E-state index in [2.05, 4.69) is 0 Å². The van der Waals surface area contributed by atoms with Crippen molar-refractivity contribution in [1.29, 1.82) is 0 Å². The van der Waals surface area contributed by atoms with Crippen LogP contribution in [0.1, 0.15) is 12.0 Å². The molecular formula is C17H22O7. The molecule has 1 aromatic rings. The van der Waals surface area contributed by atoms with Crippen LogP contribution in [0.5, 0.6) is 11.5 Å². The predicted molar refractivity (Wildman–Crippen MR) is 86.0 cm³/mol. The van der Waals surface area contributed by atoms with Gasteiger partial charge in [0.2, 0.25) is 0 Å². The van der Waals surface area contributed by atoms with Gasteiger partial charge in [-0.25, -0.2) is 0 Å². The van der Waals surface area contributed by atoms with Gasteiger partial charge in [0, 0.05) is 6.42 Å². The fourth-order valence-corrected chi connectivity index (χ4v) is 2.46. The Kier molecular flexibility index (Phi) is 6.33. The zero-order valence-electron chi connectivity index (χ0n) is 13.6. The third-order valence-electron chi connectivity index (χ3n) is 3.88. The zero-order chi connectivity index (χ0) is 17.7. The Morgan fingerprint density at radius 2 is 1.92 bits per heavy atom. The van der Waals surface area contributed by atoms with Crippen molar-refractivity contribution >= 4 is 11.9 Å². The highest BCUT2D eigenvalue weighted by molar-refractivity contribution is 5.94. The van der Waals surface area contributed by atoms with Crippen LogP contribution in [-0.2, 0) is 9.53 Å². The maximum absolute atomic E-state index is 12.0. The quantitative estimate of drug-likeness (QED) is 0.634. The molecular weight excluding hydrogens is 316 g/mol. The van der Waals surface area contributed by atoms with Crippen LogP contribution in [0.15, 0.2) is 24.3 Å². The van der Waals surface area contributed by atoms with Gasteiger partial charge in [-0.2, -0.15) is 0 Å². The van der Waals surface area contributed by atoms with Crippen LogP contribution in [0.2, 0.25) is 0 Å². The average Bonchev–Trinajstić information content (AvgIpc) is 2.60. The van der Waals surface area contributed by atoms with Crippen LogP contribution in [0.25, 0.3) is 6.08 Å². The molecule has 3 N–H and O–H groups in total. The first-order valence-electron chi connectivity index (χ1n) is 7.55. The third-order valence-corrected chi connectivity index (χ3v) is 3.88. The Bertz CT molecular complexity index is 599. The average molecular weight is 338 g/mol. The van der Waals surface area contributed by atoms with E-state index in [4.69, 9.17) is 14.2 Å². The summed E-state index contributed by atoms with van der Waals surface area (Å²) in [4.78, 5) is 12.0. The second-order valence-electron chi connectivity index (χ2n) is 5.54. The molecule has 0 saturated carbocycles. The molecule has 1 saturated heterocycles. The van der Waals surface area contributed by atoms with Crippen LogP contribution >= 0.6 is 0 Å². The molecule has 0 radical (unpaired) electrons. The minimum atomic E-state index is -1.31. The van der Waals surface area contributed by atoms with Gasteiger partial charge in [-0.05, 0) is 23.8 Å². The fourth-order valence-electron chi connectivity index (χ4n) is 2.46. The van der Waals surface area contributed by atoms with Crippen LogP contribution in [-0.4, -0.2) is 66.3 Å². The molecule has 2 rings (SSSR count). The highest BCUT2D eigenvalue weighted by Crippen LogP contribution is 2.28. The normalized spacial score (nSPS) is 27.2. The van der Waals surface area contributed by atoms with Gasteiger partial charge in [0.1, 0.15) is 18.3 Å². The van der Waals surface area contributed by atoms with Gasteiger partial charge in [-0.1, -0.05) is 12.1 Å². The number of methoxy groups -OCH3 is 2. The van der Waals surface area contributed by atoms with Crippen molar-refractivity contribution in [2.45, 2.75) is 30.8 Å². The van der Waals surface area contributed by atoms with Crippen LogP contribution in [0.3, 0.4) is 0 Å². The molecule has 24 heavy (non-hydrogen) atoms. The Morgan fingerprint density at radius 1 is 1.21 bits per heavy atom. The van der Waals surface area contributed by atoms with Gasteiger partial charge in [0.25, 0.3) is 0 Å². The minimum Gasteiger partial charge on any atom is -0.493 e. The van der Waals surface area contributed by atoms with Crippen molar-refractivity contribution in [1.82, 2.24) is 0 Å². The lowest BCUT2D eigenvalue weighted by Gasteiger charge is -2.34. The molecule has 132 valence electrons. The fraction of sp³-hybridized carbons (Fsp3) is 0.471. The maximum atomic E-state index is 12.0. The summed E-state index contributed by atoms with van der Waals surface area (Å²) in [6, 6.07) is 5.24. The van der Waals surface area contributed by atoms with Gasteiger partial charge in [-0.15, -0.1) is 0 Å². The number of hydrogen-bond acceptors (Lipinski definition) is 7. The van der Waals surface area contributed by atoms with E-state index in [0.717, 1.165) is 5.56 Å². The lowest BCUT2D eigenvalue weighted by atomic mass is 9.96. The molecule has 0 aliphatic carbocycles. The Labute approximate surface area is 140 Å². The topological polar surface area (TPSA) is 105 Å². The third kappa shape index (κ3) is 4.33. The van der Waals surface area contributed by atoms with E-state index in [9.17, 15) is 20.1 Å². The maximum Gasteiger partial charge on any atom is 0.161 e. The number of allylic oxidation sites excluding steroid dienone is 1. The minimum absolute atomic E-state index is 0.0886. The first-order valence-corrected chi connectivity index (χ1v) is 7.55. The summed E-state index contributed by atoms with van der Waals surface area (Å²) in [6.45, 7) is -0.116. The van der Waals surface area contributed by atoms with Gasteiger partial charge in [0.15, 0.2) is 17.3 Å². The van der Waals surface area contributed by atoms with Crippen molar-refractivity contribution in [3.05, 3.63) is 29.8 Å². The summed E-state index contributed by atoms with van der Waals surface area (Å²) in [5, 5.41) is 28.8. The number of carbonyl (C=O) groups excluding carboxylic acids is 1. The van der Waals surface area contributed by atoms with Crippen LogP contribution < -0.4 is 9.47 Å².